The third-order valence-corrected chi connectivity index (χ3v) is 4.00. The molecule has 0 radical (unpaired) electrons. The normalized spacial score (nSPS) is 16.4. The third-order valence-electron chi connectivity index (χ3n) is 4.00. The van der Waals surface area contributed by atoms with E-state index in [0.29, 0.717) is 11.0 Å². The lowest BCUT2D eigenvalue weighted by atomic mass is 10.1. The Morgan fingerprint density at radius 1 is 1.04 bits per heavy atom. The van der Waals surface area contributed by atoms with Gasteiger partial charge in [-0.05, 0) is 17.7 Å². The van der Waals surface area contributed by atoms with Gasteiger partial charge in [0.15, 0.2) is 17.5 Å². The fraction of sp³-hybridized carbons (Fsp3) is 0.167. The molecule has 4 amide bonds. The van der Waals surface area contributed by atoms with Gasteiger partial charge in [-0.25, -0.2) is 18.0 Å². The first-order valence-corrected chi connectivity index (χ1v) is 7.96. The van der Waals surface area contributed by atoms with Gasteiger partial charge in [-0.3, -0.25) is 14.5 Å². The van der Waals surface area contributed by atoms with Crippen LogP contribution in [-0.4, -0.2) is 35.3 Å². The molecule has 140 valence electrons. The number of imide groups is 1. The molecule has 2 aromatic rings. The topological polar surface area (TPSA) is 78.5 Å². The van der Waals surface area contributed by atoms with Crippen molar-refractivity contribution in [3.05, 3.63) is 65.5 Å². The number of carbonyl (C=O) groups excluding carboxylic acids is 3. The predicted octanol–water partition coefficient (Wildman–Crippen LogP) is 2.21. The van der Waals surface area contributed by atoms with Crippen molar-refractivity contribution in [2.75, 3.05) is 11.9 Å². The molecule has 9 heteroatoms. The summed E-state index contributed by atoms with van der Waals surface area (Å²) < 4.78 is 39.7. The van der Waals surface area contributed by atoms with Gasteiger partial charge >= 0.3 is 6.03 Å². The van der Waals surface area contributed by atoms with Crippen molar-refractivity contribution in [3.8, 4) is 0 Å². The maximum Gasteiger partial charge on any atom is 0.325 e. The van der Waals surface area contributed by atoms with E-state index in [4.69, 9.17) is 0 Å². The van der Waals surface area contributed by atoms with Crippen molar-refractivity contribution < 1.29 is 27.6 Å². The first-order valence-electron chi connectivity index (χ1n) is 7.96. The Balaban J connectivity index is 1.65. The number of anilines is 1. The lowest BCUT2D eigenvalue weighted by molar-refractivity contribution is -0.130. The second-order valence-corrected chi connectivity index (χ2v) is 5.89. The first kappa shape index (κ1) is 18.4. The summed E-state index contributed by atoms with van der Waals surface area (Å²) in [5.41, 5.74) is 0.234. The molecule has 1 aliphatic rings. The fourth-order valence-electron chi connectivity index (χ4n) is 2.67. The first-order chi connectivity index (χ1) is 12.9. The second kappa shape index (κ2) is 7.48. The van der Waals surface area contributed by atoms with Crippen molar-refractivity contribution in [3.63, 3.8) is 0 Å². The summed E-state index contributed by atoms with van der Waals surface area (Å²) in [5, 5.41) is 4.49. The van der Waals surface area contributed by atoms with E-state index >= 15 is 0 Å². The van der Waals surface area contributed by atoms with Gasteiger partial charge in [-0.15, -0.1) is 0 Å². The number of rotatable bonds is 5. The van der Waals surface area contributed by atoms with E-state index in [0.717, 1.165) is 11.6 Å². The van der Waals surface area contributed by atoms with Gasteiger partial charge in [0, 0.05) is 6.42 Å². The number of carbonyl (C=O) groups is 3. The Bertz CT molecular complexity index is 905. The molecule has 0 saturated carbocycles. The Labute approximate surface area is 152 Å². The van der Waals surface area contributed by atoms with Crippen LogP contribution < -0.4 is 10.6 Å². The Hall–Kier alpha value is -3.36. The molecule has 0 spiro atoms. The molecule has 0 aromatic heterocycles. The number of urea groups is 1. The standard InChI is InChI=1S/C18H14F3N3O3/c19-11-6-7-12(16(21)15(11)20)22-14(25)9-24-17(26)13(23-18(24)27)8-10-4-2-1-3-5-10/h1-7,13H,8-9H2,(H,22,25)(H,23,27)/t13-/m0/s1. The van der Waals surface area contributed by atoms with Crippen LogP contribution in [0.25, 0.3) is 0 Å². The van der Waals surface area contributed by atoms with Crippen molar-refractivity contribution in [1.82, 2.24) is 10.2 Å². The third kappa shape index (κ3) is 3.91. The molecular formula is C18H14F3N3O3. The number of hydrogen-bond donors (Lipinski definition) is 2. The zero-order valence-corrected chi connectivity index (χ0v) is 13.8. The molecule has 27 heavy (non-hydrogen) atoms. The zero-order valence-electron chi connectivity index (χ0n) is 13.8. The zero-order chi connectivity index (χ0) is 19.6. The Kier molecular flexibility index (Phi) is 5.11. The van der Waals surface area contributed by atoms with Gasteiger partial charge < -0.3 is 10.6 Å². The van der Waals surface area contributed by atoms with E-state index in [9.17, 15) is 27.6 Å². The van der Waals surface area contributed by atoms with Gasteiger partial charge in [0.05, 0.1) is 5.69 Å². The van der Waals surface area contributed by atoms with E-state index in [-0.39, 0.29) is 6.42 Å². The van der Waals surface area contributed by atoms with Gasteiger partial charge in [-0.1, -0.05) is 30.3 Å². The summed E-state index contributed by atoms with van der Waals surface area (Å²) >= 11 is 0. The summed E-state index contributed by atoms with van der Waals surface area (Å²) in [6, 6.07) is 8.88. The molecule has 3 rings (SSSR count). The van der Waals surface area contributed by atoms with E-state index in [2.05, 4.69) is 5.32 Å². The molecule has 0 unspecified atom stereocenters. The minimum atomic E-state index is -1.73. The summed E-state index contributed by atoms with van der Waals surface area (Å²) in [7, 11) is 0. The molecular weight excluding hydrogens is 363 g/mol. The highest BCUT2D eigenvalue weighted by Gasteiger charge is 2.38. The molecule has 1 saturated heterocycles. The van der Waals surface area contributed by atoms with Crippen LogP contribution in [0.4, 0.5) is 23.7 Å². The number of nitrogens with one attached hydrogen (secondary N) is 2. The number of nitrogens with zero attached hydrogens (tertiary/aromatic N) is 1. The number of amides is 4. The van der Waals surface area contributed by atoms with Crippen LogP contribution in [0.3, 0.4) is 0 Å². The van der Waals surface area contributed by atoms with Crippen LogP contribution in [0.15, 0.2) is 42.5 Å². The average molecular weight is 377 g/mol. The molecule has 2 aromatic carbocycles. The Morgan fingerprint density at radius 3 is 2.44 bits per heavy atom. The molecule has 1 heterocycles. The van der Waals surface area contributed by atoms with Crippen LogP contribution in [0.5, 0.6) is 0 Å². The van der Waals surface area contributed by atoms with Crippen LogP contribution in [-0.2, 0) is 16.0 Å². The van der Waals surface area contributed by atoms with E-state index in [1.54, 1.807) is 24.3 Å². The monoisotopic (exact) mass is 377 g/mol. The number of benzene rings is 2. The maximum atomic E-state index is 13.6. The van der Waals surface area contributed by atoms with Crippen LogP contribution in [0.2, 0.25) is 0 Å². The van der Waals surface area contributed by atoms with Crippen LogP contribution >= 0.6 is 0 Å². The van der Waals surface area contributed by atoms with Crippen LogP contribution in [0, 0.1) is 17.5 Å². The van der Waals surface area contributed by atoms with Gasteiger partial charge in [-0.2, -0.15) is 0 Å². The van der Waals surface area contributed by atoms with Crippen molar-refractivity contribution in [2.45, 2.75) is 12.5 Å². The Morgan fingerprint density at radius 2 is 1.74 bits per heavy atom. The van der Waals surface area contributed by atoms with E-state index in [1.807, 2.05) is 11.4 Å². The predicted molar refractivity (Wildman–Crippen MR) is 89.1 cm³/mol. The summed E-state index contributed by atoms with van der Waals surface area (Å²) in [4.78, 5) is 37.0. The smallest absolute Gasteiger partial charge is 0.325 e. The van der Waals surface area contributed by atoms with Crippen molar-refractivity contribution in [2.24, 2.45) is 0 Å². The minimum Gasteiger partial charge on any atom is -0.325 e. The summed E-state index contributed by atoms with van der Waals surface area (Å²) in [5.74, 6) is -6.23. The van der Waals surface area contributed by atoms with E-state index < -0.39 is 53.6 Å². The molecule has 0 aliphatic carbocycles. The van der Waals surface area contributed by atoms with Gasteiger partial charge in [0.1, 0.15) is 12.6 Å². The molecule has 2 N–H and O–H groups in total. The molecule has 1 fully saturated rings. The summed E-state index contributed by atoms with van der Waals surface area (Å²) in [6.07, 6.45) is 0.251. The maximum absolute atomic E-state index is 13.6. The quantitative estimate of drug-likeness (QED) is 0.620. The van der Waals surface area contributed by atoms with Gasteiger partial charge in [0.25, 0.3) is 5.91 Å². The molecule has 1 aliphatic heterocycles. The minimum absolute atomic E-state index is 0.251. The highest BCUT2D eigenvalue weighted by atomic mass is 19.2. The fourth-order valence-corrected chi connectivity index (χ4v) is 2.67. The van der Waals surface area contributed by atoms with Gasteiger partial charge in [0.2, 0.25) is 5.91 Å². The number of halogens is 3. The lowest BCUT2D eigenvalue weighted by Crippen LogP contribution is -2.38. The molecule has 0 bridgehead atoms. The number of hydrogen-bond acceptors (Lipinski definition) is 3. The molecule has 6 nitrogen and oxygen atoms in total. The second-order valence-electron chi connectivity index (χ2n) is 5.89. The highest BCUT2D eigenvalue weighted by Crippen LogP contribution is 2.20. The lowest BCUT2D eigenvalue weighted by Gasteiger charge is -2.13. The highest BCUT2D eigenvalue weighted by molar-refractivity contribution is 6.08. The van der Waals surface area contributed by atoms with Crippen molar-refractivity contribution >= 4 is 23.5 Å². The van der Waals surface area contributed by atoms with Crippen LogP contribution in [0.1, 0.15) is 5.56 Å². The molecule has 1 atom stereocenters. The average Bonchev–Trinajstić information content (AvgIpc) is 2.90. The summed E-state index contributed by atoms with van der Waals surface area (Å²) in [6.45, 7) is -0.686. The SMILES string of the molecule is O=C(CN1C(=O)N[C@@H](Cc2ccccc2)C1=O)Nc1ccc(F)c(F)c1F. The largest absolute Gasteiger partial charge is 0.325 e. The van der Waals surface area contributed by atoms with Crippen molar-refractivity contribution in [1.29, 1.82) is 0 Å². The van der Waals surface area contributed by atoms with E-state index in [1.165, 1.54) is 0 Å².